The topological polar surface area (TPSA) is 31.4 Å². The number of nitrogens with zero attached hydrogens (tertiary/aromatic N) is 3. The van der Waals surface area contributed by atoms with Crippen LogP contribution in [-0.4, -0.2) is 49.2 Å². The van der Waals surface area contributed by atoms with E-state index in [1.54, 1.807) is 0 Å². The molecule has 1 aliphatic rings. The first-order valence-electron chi connectivity index (χ1n) is 7.81. The zero-order valence-corrected chi connectivity index (χ0v) is 13.1. The number of likely N-dealkylation sites (N-methyl/N-ethyl adjacent to an activating group) is 1. The Hall–Kier alpha value is -1.13. The minimum Gasteiger partial charge on any atom is -0.367 e. The van der Waals surface area contributed by atoms with Crippen LogP contribution in [0.5, 0.6) is 0 Å². The second-order valence-electron chi connectivity index (χ2n) is 5.84. The first-order valence-corrected chi connectivity index (χ1v) is 7.81. The lowest BCUT2D eigenvalue weighted by Gasteiger charge is -2.31. The van der Waals surface area contributed by atoms with Crippen LogP contribution >= 0.6 is 0 Å². The molecule has 1 aromatic rings. The minimum absolute atomic E-state index is 0.551. The summed E-state index contributed by atoms with van der Waals surface area (Å²) in [6.07, 6.45) is 6.32. The van der Waals surface area contributed by atoms with Crippen LogP contribution in [0.15, 0.2) is 18.5 Å². The summed E-state index contributed by atoms with van der Waals surface area (Å²) in [6, 6.07) is 2.72. The van der Waals surface area contributed by atoms with Crippen molar-refractivity contribution in [2.45, 2.75) is 39.3 Å². The molecule has 1 fully saturated rings. The van der Waals surface area contributed by atoms with Crippen LogP contribution in [0.3, 0.4) is 0 Å². The van der Waals surface area contributed by atoms with Crippen molar-refractivity contribution in [3.63, 3.8) is 0 Å². The molecular formula is C16H28N4. The highest BCUT2D eigenvalue weighted by Gasteiger charge is 2.21. The third-order valence-corrected chi connectivity index (χ3v) is 3.98. The second kappa shape index (κ2) is 7.60. The van der Waals surface area contributed by atoms with Gasteiger partial charge in [-0.2, -0.15) is 0 Å². The molecule has 1 unspecified atom stereocenters. The fraction of sp³-hybridized carbons (Fsp3) is 0.688. The molecule has 0 aromatic carbocycles. The van der Waals surface area contributed by atoms with E-state index in [4.69, 9.17) is 0 Å². The second-order valence-corrected chi connectivity index (χ2v) is 5.84. The molecule has 1 saturated heterocycles. The summed E-state index contributed by atoms with van der Waals surface area (Å²) in [5.74, 6) is 0. The molecule has 0 radical (unpaired) electrons. The van der Waals surface area contributed by atoms with Crippen LogP contribution < -0.4 is 10.2 Å². The summed E-state index contributed by atoms with van der Waals surface area (Å²) in [7, 11) is 2.22. The zero-order chi connectivity index (χ0) is 14.4. The van der Waals surface area contributed by atoms with Crippen LogP contribution in [0, 0.1) is 0 Å². The fourth-order valence-corrected chi connectivity index (χ4v) is 2.97. The molecule has 0 aliphatic carbocycles. The molecule has 112 valence electrons. The average Bonchev–Trinajstić information content (AvgIpc) is 2.60. The van der Waals surface area contributed by atoms with Gasteiger partial charge in [-0.1, -0.05) is 6.92 Å². The van der Waals surface area contributed by atoms with Crippen LogP contribution in [-0.2, 0) is 6.54 Å². The maximum absolute atomic E-state index is 4.31. The van der Waals surface area contributed by atoms with Gasteiger partial charge in [0.1, 0.15) is 0 Å². The van der Waals surface area contributed by atoms with Gasteiger partial charge < -0.3 is 15.1 Å². The number of rotatable bonds is 5. The van der Waals surface area contributed by atoms with E-state index in [2.05, 4.69) is 47.1 Å². The quantitative estimate of drug-likeness (QED) is 0.835. The average molecular weight is 276 g/mol. The Balaban J connectivity index is 2.13. The van der Waals surface area contributed by atoms with Gasteiger partial charge in [-0.25, -0.2) is 0 Å². The highest BCUT2D eigenvalue weighted by molar-refractivity contribution is 5.53. The first kappa shape index (κ1) is 15.3. The predicted molar refractivity (Wildman–Crippen MR) is 85.2 cm³/mol. The van der Waals surface area contributed by atoms with Crippen molar-refractivity contribution in [3.8, 4) is 0 Å². The van der Waals surface area contributed by atoms with Crippen LogP contribution in [0.2, 0.25) is 0 Å². The van der Waals surface area contributed by atoms with Crippen molar-refractivity contribution in [2.24, 2.45) is 0 Å². The van der Waals surface area contributed by atoms with Crippen molar-refractivity contribution >= 4 is 5.69 Å². The number of aromatic nitrogens is 1. The van der Waals surface area contributed by atoms with Crippen molar-refractivity contribution in [3.05, 3.63) is 24.0 Å². The Kier molecular flexibility index (Phi) is 5.80. The normalized spacial score (nSPS) is 20.9. The van der Waals surface area contributed by atoms with Gasteiger partial charge in [-0.15, -0.1) is 0 Å². The van der Waals surface area contributed by atoms with Crippen molar-refractivity contribution < 1.29 is 0 Å². The van der Waals surface area contributed by atoms with Crippen molar-refractivity contribution in [1.82, 2.24) is 15.2 Å². The molecule has 4 heteroatoms. The van der Waals surface area contributed by atoms with E-state index in [0.29, 0.717) is 6.04 Å². The molecule has 2 rings (SSSR count). The minimum atomic E-state index is 0.551. The van der Waals surface area contributed by atoms with Crippen LogP contribution in [0.1, 0.15) is 32.3 Å². The molecule has 1 atom stereocenters. The molecule has 2 heterocycles. The Morgan fingerprint density at radius 3 is 3.05 bits per heavy atom. The molecule has 1 N–H and O–H groups in total. The van der Waals surface area contributed by atoms with E-state index in [1.807, 2.05) is 12.4 Å². The van der Waals surface area contributed by atoms with Gasteiger partial charge in [0.05, 0.1) is 0 Å². The van der Waals surface area contributed by atoms with Crippen LogP contribution in [0.25, 0.3) is 0 Å². The summed E-state index contributed by atoms with van der Waals surface area (Å²) in [4.78, 5) is 9.29. The van der Waals surface area contributed by atoms with Crippen molar-refractivity contribution in [1.29, 1.82) is 0 Å². The summed E-state index contributed by atoms with van der Waals surface area (Å²) in [5.41, 5.74) is 2.67. The summed E-state index contributed by atoms with van der Waals surface area (Å²) in [5, 5.41) is 3.49. The van der Waals surface area contributed by atoms with E-state index < -0.39 is 0 Å². The lowest BCUT2D eigenvalue weighted by Crippen LogP contribution is -2.38. The number of pyridine rings is 1. The Labute approximate surface area is 123 Å². The van der Waals surface area contributed by atoms with Gasteiger partial charge in [-0.05, 0) is 46.0 Å². The molecule has 1 aliphatic heterocycles. The van der Waals surface area contributed by atoms with E-state index in [1.165, 1.54) is 30.6 Å². The Bertz CT molecular complexity index is 407. The zero-order valence-electron chi connectivity index (χ0n) is 13.1. The molecule has 1 aromatic heterocycles. The number of hydrogen-bond acceptors (Lipinski definition) is 4. The summed E-state index contributed by atoms with van der Waals surface area (Å²) >= 11 is 0. The number of hydrogen-bond donors (Lipinski definition) is 1. The monoisotopic (exact) mass is 276 g/mol. The van der Waals surface area contributed by atoms with Crippen LogP contribution in [0.4, 0.5) is 5.69 Å². The van der Waals surface area contributed by atoms with Crippen molar-refractivity contribution in [2.75, 3.05) is 38.1 Å². The molecule has 0 amide bonds. The fourth-order valence-electron chi connectivity index (χ4n) is 2.97. The van der Waals surface area contributed by atoms with Gasteiger partial charge >= 0.3 is 0 Å². The van der Waals surface area contributed by atoms with E-state index >= 15 is 0 Å². The largest absolute Gasteiger partial charge is 0.367 e. The lowest BCUT2D eigenvalue weighted by atomic mass is 10.1. The van der Waals surface area contributed by atoms with E-state index in [-0.39, 0.29) is 0 Å². The summed E-state index contributed by atoms with van der Waals surface area (Å²) < 4.78 is 0. The lowest BCUT2D eigenvalue weighted by molar-refractivity contribution is 0.337. The molecule has 0 bridgehead atoms. The van der Waals surface area contributed by atoms with Gasteiger partial charge in [0, 0.05) is 49.3 Å². The number of nitrogens with one attached hydrogen (secondary N) is 1. The van der Waals surface area contributed by atoms with Gasteiger partial charge in [-0.3, -0.25) is 4.98 Å². The molecular weight excluding hydrogens is 248 g/mol. The van der Waals surface area contributed by atoms with Gasteiger partial charge in [0.2, 0.25) is 0 Å². The maximum Gasteiger partial charge on any atom is 0.0445 e. The SMILES string of the molecule is CCCNCc1cnccc1N1CCCN(C)CC1C. The molecule has 4 nitrogen and oxygen atoms in total. The smallest absolute Gasteiger partial charge is 0.0445 e. The van der Waals surface area contributed by atoms with E-state index in [9.17, 15) is 0 Å². The molecule has 0 saturated carbocycles. The maximum atomic E-state index is 4.31. The predicted octanol–water partition coefficient (Wildman–Crippen LogP) is 2.11. The standard InChI is InChI=1S/C16H28N4/c1-4-7-17-11-15-12-18-8-6-16(15)20-10-5-9-19(3)13-14(20)2/h6,8,12,14,17H,4-5,7,9-11,13H2,1-3H3. The Morgan fingerprint density at radius 1 is 1.40 bits per heavy atom. The third-order valence-electron chi connectivity index (χ3n) is 3.98. The highest BCUT2D eigenvalue weighted by Crippen LogP contribution is 2.23. The summed E-state index contributed by atoms with van der Waals surface area (Å²) in [6.45, 7) is 9.95. The third kappa shape index (κ3) is 3.93. The number of anilines is 1. The van der Waals surface area contributed by atoms with E-state index in [0.717, 1.165) is 26.2 Å². The van der Waals surface area contributed by atoms with Gasteiger partial charge in [0.25, 0.3) is 0 Å². The molecule has 20 heavy (non-hydrogen) atoms. The van der Waals surface area contributed by atoms with Gasteiger partial charge in [0.15, 0.2) is 0 Å². The Morgan fingerprint density at radius 2 is 2.25 bits per heavy atom. The molecule has 0 spiro atoms. The first-order chi connectivity index (χ1) is 9.72. The highest BCUT2D eigenvalue weighted by atomic mass is 15.2.